The summed E-state index contributed by atoms with van der Waals surface area (Å²) in [6.07, 6.45) is 0.684. The molecule has 0 aliphatic carbocycles. The van der Waals surface area contributed by atoms with Crippen LogP contribution in [0.4, 0.5) is 5.69 Å². The van der Waals surface area contributed by atoms with Crippen LogP contribution in [0.2, 0.25) is 0 Å². The van der Waals surface area contributed by atoms with Crippen molar-refractivity contribution in [2.45, 2.75) is 24.7 Å². The van der Waals surface area contributed by atoms with E-state index in [-0.39, 0.29) is 17.7 Å². The molecule has 1 fully saturated rings. The van der Waals surface area contributed by atoms with E-state index >= 15 is 0 Å². The summed E-state index contributed by atoms with van der Waals surface area (Å²) < 4.78 is 0. The van der Waals surface area contributed by atoms with Crippen LogP contribution < -0.4 is 5.32 Å². The van der Waals surface area contributed by atoms with Gasteiger partial charge in [-0.25, -0.2) is 0 Å². The van der Waals surface area contributed by atoms with E-state index in [1.54, 1.807) is 11.8 Å². The van der Waals surface area contributed by atoms with Crippen molar-refractivity contribution < 1.29 is 14.4 Å². The minimum absolute atomic E-state index is 0.0726. The number of imide groups is 1. The topological polar surface area (TPSA) is 66.5 Å². The van der Waals surface area contributed by atoms with Crippen molar-refractivity contribution >= 4 is 35.2 Å². The zero-order chi connectivity index (χ0) is 14.5. The predicted molar refractivity (Wildman–Crippen MR) is 77.4 cm³/mol. The number of carbonyl (C=O) groups excluding carboxylic acids is 3. The lowest BCUT2D eigenvalue weighted by atomic mass is 10.3. The Bertz CT molecular complexity index is 512. The molecule has 0 radical (unpaired) electrons. The third-order valence-electron chi connectivity index (χ3n) is 2.91. The third kappa shape index (κ3) is 3.84. The van der Waals surface area contributed by atoms with Crippen molar-refractivity contribution in [2.24, 2.45) is 0 Å². The smallest absolute Gasteiger partial charge is 0.229 e. The van der Waals surface area contributed by atoms with Gasteiger partial charge in [-0.1, -0.05) is 0 Å². The Hall–Kier alpha value is -1.82. The zero-order valence-electron chi connectivity index (χ0n) is 11.2. The maximum atomic E-state index is 11.4. The molecule has 0 atom stereocenters. The van der Waals surface area contributed by atoms with Gasteiger partial charge in [-0.2, -0.15) is 0 Å². The standard InChI is InChI=1S/C14H16N2O3S/c1-10(17)15-11-2-4-12(5-3-11)20-9-8-16-13(18)6-7-14(16)19/h2-5H,6-9H2,1H3,(H,15,17). The molecule has 2 rings (SSSR count). The van der Waals surface area contributed by atoms with Gasteiger partial charge in [0.25, 0.3) is 0 Å². The first-order valence-electron chi connectivity index (χ1n) is 6.40. The van der Waals surface area contributed by atoms with Crippen molar-refractivity contribution in [1.29, 1.82) is 0 Å². The van der Waals surface area contributed by atoms with E-state index in [0.29, 0.717) is 25.1 Å². The average molecular weight is 292 g/mol. The summed E-state index contributed by atoms with van der Waals surface area (Å²) in [6.45, 7) is 1.92. The highest BCUT2D eigenvalue weighted by molar-refractivity contribution is 7.99. The maximum Gasteiger partial charge on any atom is 0.229 e. The lowest BCUT2D eigenvalue weighted by Gasteiger charge is -2.13. The number of likely N-dealkylation sites (tertiary alicyclic amines) is 1. The highest BCUT2D eigenvalue weighted by Crippen LogP contribution is 2.21. The van der Waals surface area contributed by atoms with Gasteiger partial charge in [0.05, 0.1) is 0 Å². The fraction of sp³-hybridized carbons (Fsp3) is 0.357. The highest BCUT2D eigenvalue weighted by atomic mass is 32.2. The van der Waals surface area contributed by atoms with E-state index in [0.717, 1.165) is 10.6 Å². The summed E-state index contributed by atoms with van der Waals surface area (Å²) in [6, 6.07) is 7.47. The quantitative estimate of drug-likeness (QED) is 0.665. The number of anilines is 1. The number of hydrogen-bond acceptors (Lipinski definition) is 4. The molecule has 6 heteroatoms. The molecule has 20 heavy (non-hydrogen) atoms. The van der Waals surface area contributed by atoms with Crippen LogP contribution >= 0.6 is 11.8 Å². The van der Waals surface area contributed by atoms with Crippen LogP contribution in [0.15, 0.2) is 29.2 Å². The number of amides is 3. The molecule has 1 aromatic rings. The SMILES string of the molecule is CC(=O)Nc1ccc(SCCN2C(=O)CCC2=O)cc1. The summed E-state index contributed by atoms with van der Waals surface area (Å²) in [7, 11) is 0. The first-order valence-corrected chi connectivity index (χ1v) is 7.38. The Morgan fingerprint density at radius 1 is 1.20 bits per heavy atom. The molecule has 0 saturated carbocycles. The summed E-state index contributed by atoms with van der Waals surface area (Å²) in [4.78, 5) is 36.1. The van der Waals surface area contributed by atoms with E-state index in [2.05, 4.69) is 5.32 Å². The molecule has 1 saturated heterocycles. The molecule has 1 N–H and O–H groups in total. The molecule has 1 aliphatic heterocycles. The van der Waals surface area contributed by atoms with Crippen LogP contribution in [0, 0.1) is 0 Å². The van der Waals surface area contributed by atoms with Gasteiger partial charge in [-0.15, -0.1) is 11.8 Å². The number of carbonyl (C=O) groups is 3. The van der Waals surface area contributed by atoms with E-state index in [9.17, 15) is 14.4 Å². The van der Waals surface area contributed by atoms with Crippen LogP contribution in [0.5, 0.6) is 0 Å². The van der Waals surface area contributed by atoms with Crippen molar-refractivity contribution in [3.63, 3.8) is 0 Å². The summed E-state index contributed by atoms with van der Waals surface area (Å²) in [5.41, 5.74) is 0.756. The fourth-order valence-corrected chi connectivity index (χ4v) is 2.80. The second-order valence-corrected chi connectivity index (χ2v) is 5.66. The molecule has 5 nitrogen and oxygen atoms in total. The molecule has 1 aliphatic rings. The minimum atomic E-state index is -0.100. The van der Waals surface area contributed by atoms with Gasteiger partial charge >= 0.3 is 0 Å². The second kappa shape index (κ2) is 6.56. The van der Waals surface area contributed by atoms with E-state index in [1.165, 1.54) is 11.8 Å². The van der Waals surface area contributed by atoms with Crippen molar-refractivity contribution in [3.05, 3.63) is 24.3 Å². The van der Waals surface area contributed by atoms with Crippen molar-refractivity contribution in [2.75, 3.05) is 17.6 Å². The Morgan fingerprint density at radius 3 is 2.35 bits per heavy atom. The molecule has 106 valence electrons. The number of nitrogens with zero attached hydrogens (tertiary/aromatic N) is 1. The largest absolute Gasteiger partial charge is 0.326 e. The average Bonchev–Trinajstić information content (AvgIpc) is 2.72. The predicted octanol–water partition coefficient (Wildman–Crippen LogP) is 1.89. The summed E-state index contributed by atoms with van der Waals surface area (Å²) in [5, 5.41) is 2.70. The molecule has 1 heterocycles. The van der Waals surface area contributed by atoms with Gasteiger partial charge in [0.2, 0.25) is 17.7 Å². The van der Waals surface area contributed by atoms with Gasteiger partial charge in [-0.3, -0.25) is 19.3 Å². The van der Waals surface area contributed by atoms with Crippen LogP contribution in [0.25, 0.3) is 0 Å². The molecule has 1 aromatic carbocycles. The first-order chi connectivity index (χ1) is 9.56. The lowest BCUT2D eigenvalue weighted by Crippen LogP contribution is -2.31. The molecule has 0 spiro atoms. The van der Waals surface area contributed by atoms with Gasteiger partial charge in [0, 0.05) is 42.6 Å². The Balaban J connectivity index is 1.81. The minimum Gasteiger partial charge on any atom is -0.326 e. The monoisotopic (exact) mass is 292 g/mol. The molecular formula is C14H16N2O3S. The number of rotatable bonds is 5. The summed E-state index contributed by atoms with van der Waals surface area (Å²) >= 11 is 1.58. The molecule has 0 aromatic heterocycles. The highest BCUT2D eigenvalue weighted by Gasteiger charge is 2.27. The maximum absolute atomic E-state index is 11.4. The van der Waals surface area contributed by atoms with E-state index in [4.69, 9.17) is 0 Å². The molecule has 0 unspecified atom stereocenters. The van der Waals surface area contributed by atoms with E-state index in [1.807, 2.05) is 24.3 Å². The van der Waals surface area contributed by atoms with Gasteiger partial charge in [0.1, 0.15) is 0 Å². The number of nitrogens with one attached hydrogen (secondary N) is 1. The number of hydrogen-bond donors (Lipinski definition) is 1. The van der Waals surface area contributed by atoms with Crippen LogP contribution in [0.3, 0.4) is 0 Å². The lowest BCUT2D eigenvalue weighted by molar-refractivity contribution is -0.138. The second-order valence-electron chi connectivity index (χ2n) is 4.49. The number of benzene rings is 1. The Labute approximate surface area is 121 Å². The summed E-state index contributed by atoms with van der Waals surface area (Å²) in [5.74, 6) is 0.432. The fourth-order valence-electron chi connectivity index (χ4n) is 1.96. The Morgan fingerprint density at radius 2 is 1.80 bits per heavy atom. The van der Waals surface area contributed by atoms with Gasteiger partial charge in [-0.05, 0) is 24.3 Å². The first kappa shape index (κ1) is 14.6. The Kier molecular flexibility index (Phi) is 4.79. The van der Waals surface area contributed by atoms with E-state index < -0.39 is 0 Å². The van der Waals surface area contributed by atoms with Gasteiger partial charge in [0.15, 0.2) is 0 Å². The zero-order valence-corrected chi connectivity index (χ0v) is 12.0. The molecule has 3 amide bonds. The normalized spacial score (nSPS) is 14.8. The van der Waals surface area contributed by atoms with Crippen LogP contribution in [0.1, 0.15) is 19.8 Å². The van der Waals surface area contributed by atoms with Crippen molar-refractivity contribution in [3.8, 4) is 0 Å². The van der Waals surface area contributed by atoms with Crippen LogP contribution in [-0.2, 0) is 14.4 Å². The van der Waals surface area contributed by atoms with Crippen LogP contribution in [-0.4, -0.2) is 34.9 Å². The number of thioether (sulfide) groups is 1. The van der Waals surface area contributed by atoms with Crippen molar-refractivity contribution in [1.82, 2.24) is 4.90 Å². The molecule has 0 bridgehead atoms. The van der Waals surface area contributed by atoms with Gasteiger partial charge < -0.3 is 5.32 Å². The molecular weight excluding hydrogens is 276 g/mol. The third-order valence-corrected chi connectivity index (χ3v) is 3.91.